The molecule has 104 valence electrons. The van der Waals surface area contributed by atoms with E-state index in [-0.39, 0.29) is 11.4 Å². The number of amides is 1. The first kappa shape index (κ1) is 13.5. The number of aryl methyl sites for hydroxylation is 1. The van der Waals surface area contributed by atoms with Gasteiger partial charge in [0.1, 0.15) is 0 Å². The highest BCUT2D eigenvalue weighted by Gasteiger charge is 2.16. The number of aromatic nitrogens is 2. The first-order valence-electron chi connectivity index (χ1n) is 5.84. The first-order chi connectivity index (χ1) is 9.51. The predicted molar refractivity (Wildman–Crippen MR) is 70.7 cm³/mol. The molecule has 3 N–H and O–H groups in total. The Morgan fingerprint density at radius 1 is 1.50 bits per heavy atom. The molecule has 0 bridgehead atoms. The number of hydrogen-bond acceptors (Lipinski definition) is 5. The number of nitro groups is 1. The molecule has 1 heterocycles. The molecule has 8 nitrogen and oxygen atoms in total. The van der Waals surface area contributed by atoms with Crippen LogP contribution in [0, 0.1) is 10.1 Å². The van der Waals surface area contributed by atoms with Gasteiger partial charge in [-0.2, -0.15) is 5.10 Å². The van der Waals surface area contributed by atoms with E-state index in [1.54, 1.807) is 6.07 Å². The van der Waals surface area contributed by atoms with Gasteiger partial charge in [-0.1, -0.05) is 6.92 Å². The normalized spacial score (nSPS) is 10.2. The van der Waals surface area contributed by atoms with E-state index in [1.807, 2.05) is 6.92 Å². The van der Waals surface area contributed by atoms with Crippen molar-refractivity contribution < 1.29 is 14.8 Å². The second-order valence-electron chi connectivity index (χ2n) is 4.05. The van der Waals surface area contributed by atoms with Crippen LogP contribution in [0.1, 0.15) is 23.1 Å². The van der Waals surface area contributed by atoms with E-state index in [0.717, 1.165) is 17.8 Å². The number of benzene rings is 1. The molecule has 0 aliphatic heterocycles. The highest BCUT2D eigenvalue weighted by Crippen LogP contribution is 2.28. The van der Waals surface area contributed by atoms with Crippen LogP contribution in [0.15, 0.2) is 24.3 Å². The summed E-state index contributed by atoms with van der Waals surface area (Å²) >= 11 is 0. The Hall–Kier alpha value is -2.90. The molecular formula is C12H12N4O4. The van der Waals surface area contributed by atoms with E-state index in [0.29, 0.717) is 6.42 Å². The van der Waals surface area contributed by atoms with Crippen LogP contribution in [0.2, 0.25) is 0 Å². The molecule has 2 rings (SSSR count). The number of phenolic OH excluding ortho intramolecular Hbond substituents is 1. The third-order valence-electron chi connectivity index (χ3n) is 2.67. The first-order valence-corrected chi connectivity index (χ1v) is 5.84. The molecule has 0 saturated heterocycles. The van der Waals surface area contributed by atoms with Crippen molar-refractivity contribution in [1.29, 1.82) is 0 Å². The number of anilines is 1. The van der Waals surface area contributed by atoms with Crippen molar-refractivity contribution in [2.75, 3.05) is 5.32 Å². The Labute approximate surface area is 113 Å². The molecule has 1 aromatic heterocycles. The number of rotatable bonds is 4. The number of nitrogens with zero attached hydrogens (tertiary/aromatic N) is 2. The van der Waals surface area contributed by atoms with Gasteiger partial charge < -0.3 is 10.4 Å². The van der Waals surface area contributed by atoms with Crippen molar-refractivity contribution in [2.45, 2.75) is 13.3 Å². The SMILES string of the molecule is CCc1cc(C(=O)Nc2ccc(O)c([N+](=O)[O-])c2)n[nH]1. The summed E-state index contributed by atoms with van der Waals surface area (Å²) in [5.74, 6) is -0.943. The molecule has 20 heavy (non-hydrogen) atoms. The Kier molecular flexibility index (Phi) is 3.65. The molecule has 0 unspecified atom stereocenters. The average molecular weight is 276 g/mol. The molecule has 2 aromatic rings. The van der Waals surface area contributed by atoms with Gasteiger partial charge in [0, 0.05) is 17.4 Å². The average Bonchev–Trinajstić information content (AvgIpc) is 2.89. The van der Waals surface area contributed by atoms with Crippen molar-refractivity contribution in [2.24, 2.45) is 0 Å². The van der Waals surface area contributed by atoms with E-state index < -0.39 is 22.3 Å². The Balaban J connectivity index is 2.19. The Morgan fingerprint density at radius 3 is 2.85 bits per heavy atom. The highest BCUT2D eigenvalue weighted by atomic mass is 16.6. The zero-order chi connectivity index (χ0) is 14.7. The van der Waals surface area contributed by atoms with E-state index >= 15 is 0 Å². The summed E-state index contributed by atoms with van der Waals surface area (Å²) in [5.41, 5.74) is 0.740. The van der Waals surface area contributed by atoms with E-state index in [9.17, 15) is 20.0 Å². The van der Waals surface area contributed by atoms with Crippen LogP contribution in [0.3, 0.4) is 0 Å². The molecular weight excluding hydrogens is 264 g/mol. The summed E-state index contributed by atoms with van der Waals surface area (Å²) in [6.45, 7) is 1.92. The molecule has 1 amide bonds. The van der Waals surface area contributed by atoms with Gasteiger partial charge in [-0.05, 0) is 24.6 Å². The van der Waals surface area contributed by atoms with Crippen LogP contribution in [-0.4, -0.2) is 26.1 Å². The maximum Gasteiger partial charge on any atom is 0.312 e. The smallest absolute Gasteiger partial charge is 0.312 e. The van der Waals surface area contributed by atoms with Crippen LogP contribution in [0.5, 0.6) is 5.75 Å². The number of aromatic hydroxyl groups is 1. The number of carbonyl (C=O) groups is 1. The number of carbonyl (C=O) groups excluding carboxylic acids is 1. The molecule has 0 spiro atoms. The molecule has 0 atom stereocenters. The number of H-pyrrole nitrogens is 1. The van der Waals surface area contributed by atoms with Crippen molar-refractivity contribution in [3.05, 3.63) is 45.8 Å². The number of phenols is 1. The fourth-order valence-corrected chi connectivity index (χ4v) is 1.60. The van der Waals surface area contributed by atoms with Gasteiger partial charge in [-0.3, -0.25) is 20.0 Å². The van der Waals surface area contributed by atoms with E-state index in [2.05, 4.69) is 15.5 Å². The van der Waals surface area contributed by atoms with Gasteiger partial charge in [0.05, 0.1) is 4.92 Å². The van der Waals surface area contributed by atoms with Crippen molar-refractivity contribution in [1.82, 2.24) is 10.2 Å². The number of aromatic amines is 1. The number of hydrogen-bond donors (Lipinski definition) is 3. The summed E-state index contributed by atoms with van der Waals surface area (Å²) in [7, 11) is 0. The summed E-state index contributed by atoms with van der Waals surface area (Å²) < 4.78 is 0. The lowest BCUT2D eigenvalue weighted by Crippen LogP contribution is -2.12. The molecule has 8 heteroatoms. The molecule has 0 fully saturated rings. The Morgan fingerprint density at radius 2 is 2.25 bits per heavy atom. The topological polar surface area (TPSA) is 121 Å². The van der Waals surface area contributed by atoms with E-state index in [1.165, 1.54) is 6.07 Å². The third kappa shape index (κ3) is 2.74. The summed E-state index contributed by atoms with van der Waals surface area (Å²) in [6, 6.07) is 5.20. The molecule has 0 radical (unpaired) electrons. The van der Waals surface area contributed by atoms with Gasteiger partial charge in [-0.15, -0.1) is 0 Å². The highest BCUT2D eigenvalue weighted by molar-refractivity contribution is 6.03. The van der Waals surface area contributed by atoms with Gasteiger partial charge >= 0.3 is 5.69 Å². The summed E-state index contributed by atoms with van der Waals surface area (Å²) in [6.07, 6.45) is 0.713. The summed E-state index contributed by atoms with van der Waals surface area (Å²) in [4.78, 5) is 21.8. The minimum atomic E-state index is -0.727. The van der Waals surface area contributed by atoms with Crippen molar-refractivity contribution in [3.8, 4) is 5.75 Å². The van der Waals surface area contributed by atoms with E-state index in [4.69, 9.17) is 0 Å². The van der Waals surface area contributed by atoms with Gasteiger partial charge in [-0.25, -0.2) is 0 Å². The number of nitro benzene ring substituents is 1. The minimum absolute atomic E-state index is 0.192. The zero-order valence-corrected chi connectivity index (χ0v) is 10.6. The second kappa shape index (κ2) is 5.39. The standard InChI is InChI=1S/C12H12N4O4/c1-2-7-5-9(15-14-7)12(18)13-8-3-4-11(17)10(6-8)16(19)20/h3-6,17H,2H2,1H3,(H,13,18)(H,14,15). The summed E-state index contributed by atoms with van der Waals surface area (Å²) in [5, 5.41) is 29.0. The molecule has 0 aliphatic rings. The van der Waals surface area contributed by atoms with Crippen LogP contribution in [0.4, 0.5) is 11.4 Å². The van der Waals surface area contributed by atoms with Gasteiger partial charge in [0.25, 0.3) is 5.91 Å². The Bertz CT molecular complexity index is 665. The maximum absolute atomic E-state index is 11.9. The molecule has 0 saturated carbocycles. The lowest BCUT2D eigenvalue weighted by atomic mass is 10.2. The van der Waals surface area contributed by atoms with Crippen LogP contribution < -0.4 is 5.32 Å². The quantitative estimate of drug-likeness (QED) is 0.447. The van der Waals surface area contributed by atoms with Crippen LogP contribution >= 0.6 is 0 Å². The van der Waals surface area contributed by atoms with Gasteiger partial charge in [0.15, 0.2) is 11.4 Å². The minimum Gasteiger partial charge on any atom is -0.502 e. The second-order valence-corrected chi connectivity index (χ2v) is 4.05. The zero-order valence-electron chi connectivity index (χ0n) is 10.6. The van der Waals surface area contributed by atoms with Gasteiger partial charge in [0.2, 0.25) is 0 Å². The number of nitrogens with one attached hydrogen (secondary N) is 2. The largest absolute Gasteiger partial charge is 0.502 e. The predicted octanol–water partition coefficient (Wildman–Crippen LogP) is 1.84. The molecule has 1 aromatic carbocycles. The maximum atomic E-state index is 11.9. The fourth-order valence-electron chi connectivity index (χ4n) is 1.60. The lowest BCUT2D eigenvalue weighted by Gasteiger charge is -2.03. The van der Waals surface area contributed by atoms with Crippen LogP contribution in [-0.2, 0) is 6.42 Å². The molecule has 0 aliphatic carbocycles. The monoisotopic (exact) mass is 276 g/mol. The third-order valence-corrected chi connectivity index (χ3v) is 2.67. The lowest BCUT2D eigenvalue weighted by molar-refractivity contribution is -0.385. The fraction of sp³-hybridized carbons (Fsp3) is 0.167. The van der Waals surface area contributed by atoms with Crippen LogP contribution in [0.25, 0.3) is 0 Å². The van der Waals surface area contributed by atoms with Crippen molar-refractivity contribution in [3.63, 3.8) is 0 Å². The van der Waals surface area contributed by atoms with Crippen molar-refractivity contribution >= 4 is 17.3 Å².